The van der Waals surface area contributed by atoms with Gasteiger partial charge < -0.3 is 9.73 Å². The summed E-state index contributed by atoms with van der Waals surface area (Å²) in [7, 11) is 0. The van der Waals surface area contributed by atoms with Gasteiger partial charge in [0.25, 0.3) is 5.91 Å². The Labute approximate surface area is 177 Å². The molecule has 1 N–H and O–H groups in total. The van der Waals surface area contributed by atoms with Gasteiger partial charge in [-0.2, -0.15) is 0 Å². The van der Waals surface area contributed by atoms with Gasteiger partial charge in [0.1, 0.15) is 5.52 Å². The van der Waals surface area contributed by atoms with E-state index in [0.717, 1.165) is 10.4 Å². The van der Waals surface area contributed by atoms with Crippen LogP contribution in [0.3, 0.4) is 0 Å². The van der Waals surface area contributed by atoms with Crippen molar-refractivity contribution < 1.29 is 18.8 Å². The van der Waals surface area contributed by atoms with Gasteiger partial charge in [-0.1, -0.05) is 24.3 Å². The van der Waals surface area contributed by atoms with E-state index < -0.39 is 0 Å². The fourth-order valence-corrected chi connectivity index (χ4v) is 3.59. The van der Waals surface area contributed by atoms with E-state index in [-0.39, 0.29) is 30.6 Å². The van der Waals surface area contributed by atoms with Crippen molar-refractivity contribution in [2.75, 3.05) is 10.2 Å². The lowest BCUT2D eigenvalue weighted by Gasteiger charge is -2.14. The zero-order valence-electron chi connectivity index (χ0n) is 16.4. The summed E-state index contributed by atoms with van der Waals surface area (Å²) >= 11 is 0. The Balaban J connectivity index is 1.40. The first-order chi connectivity index (χ1) is 15.1. The Morgan fingerprint density at radius 1 is 0.871 bits per heavy atom. The maximum Gasteiger partial charge on any atom is 0.255 e. The summed E-state index contributed by atoms with van der Waals surface area (Å²) in [5.41, 5.74) is 3.50. The third-order valence-corrected chi connectivity index (χ3v) is 5.14. The third kappa shape index (κ3) is 3.46. The lowest BCUT2D eigenvalue weighted by atomic mass is 10.1. The highest BCUT2D eigenvalue weighted by molar-refractivity contribution is 6.20. The molecule has 0 unspecified atom stereocenters. The summed E-state index contributed by atoms with van der Waals surface area (Å²) in [4.78, 5) is 42.3. The molecule has 1 aliphatic rings. The summed E-state index contributed by atoms with van der Waals surface area (Å²) in [6.07, 6.45) is 0.432. The van der Waals surface area contributed by atoms with Gasteiger partial charge in [-0.25, -0.2) is 4.98 Å². The zero-order chi connectivity index (χ0) is 21.4. The molecular formula is C24H17N3O4. The van der Waals surface area contributed by atoms with Crippen LogP contribution < -0.4 is 10.2 Å². The molecule has 0 radical (unpaired) electrons. The molecule has 7 heteroatoms. The molecule has 1 saturated heterocycles. The highest BCUT2D eigenvalue weighted by Gasteiger charge is 2.30. The van der Waals surface area contributed by atoms with Gasteiger partial charge in [0, 0.05) is 18.4 Å². The van der Waals surface area contributed by atoms with Crippen LogP contribution in [0.2, 0.25) is 0 Å². The SMILES string of the molecule is O=C(Nc1ccccc1-c1nc2ccccc2o1)c1ccc(N2C(=O)CCC2=O)cc1. The molecule has 2 heterocycles. The lowest BCUT2D eigenvalue weighted by Crippen LogP contribution is -2.28. The number of para-hydroxylation sites is 3. The van der Waals surface area contributed by atoms with Gasteiger partial charge >= 0.3 is 0 Å². The van der Waals surface area contributed by atoms with Crippen LogP contribution in [0.4, 0.5) is 11.4 Å². The number of fused-ring (bicyclic) bond motifs is 1. The predicted octanol–water partition coefficient (Wildman–Crippen LogP) is 4.40. The van der Waals surface area contributed by atoms with E-state index >= 15 is 0 Å². The van der Waals surface area contributed by atoms with E-state index in [1.54, 1.807) is 30.3 Å². The van der Waals surface area contributed by atoms with E-state index in [9.17, 15) is 14.4 Å². The highest BCUT2D eigenvalue weighted by Crippen LogP contribution is 2.30. The van der Waals surface area contributed by atoms with Gasteiger partial charge in [-0.15, -0.1) is 0 Å². The average Bonchev–Trinajstić information content (AvgIpc) is 3.37. The number of oxazole rings is 1. The number of amides is 3. The molecule has 3 aromatic carbocycles. The Morgan fingerprint density at radius 2 is 1.55 bits per heavy atom. The molecule has 152 valence electrons. The van der Waals surface area contributed by atoms with Crippen molar-refractivity contribution >= 4 is 40.2 Å². The third-order valence-electron chi connectivity index (χ3n) is 5.14. The monoisotopic (exact) mass is 411 g/mol. The van der Waals surface area contributed by atoms with Crippen LogP contribution in [0.5, 0.6) is 0 Å². The van der Waals surface area contributed by atoms with Crippen LogP contribution in [-0.4, -0.2) is 22.7 Å². The van der Waals surface area contributed by atoms with Crippen LogP contribution in [0.15, 0.2) is 77.2 Å². The van der Waals surface area contributed by atoms with Crippen LogP contribution >= 0.6 is 0 Å². The van der Waals surface area contributed by atoms with Crippen molar-refractivity contribution in [3.63, 3.8) is 0 Å². The molecule has 7 nitrogen and oxygen atoms in total. The van der Waals surface area contributed by atoms with Crippen molar-refractivity contribution in [3.8, 4) is 11.5 Å². The van der Waals surface area contributed by atoms with E-state index in [1.807, 2.05) is 42.5 Å². The van der Waals surface area contributed by atoms with E-state index in [1.165, 1.54) is 0 Å². The average molecular weight is 411 g/mol. The molecule has 3 amide bonds. The topological polar surface area (TPSA) is 92.5 Å². The number of hydrogen-bond donors (Lipinski definition) is 1. The Bertz CT molecular complexity index is 1280. The molecular weight excluding hydrogens is 394 g/mol. The van der Waals surface area contributed by atoms with Gasteiger partial charge in [0.15, 0.2) is 5.58 Å². The van der Waals surface area contributed by atoms with Gasteiger partial charge in [-0.05, 0) is 48.5 Å². The molecule has 1 aromatic heterocycles. The van der Waals surface area contributed by atoms with Crippen molar-refractivity contribution in [1.29, 1.82) is 0 Å². The second-order valence-electron chi connectivity index (χ2n) is 7.16. The van der Waals surface area contributed by atoms with E-state index in [2.05, 4.69) is 10.3 Å². The number of benzene rings is 3. The molecule has 0 bridgehead atoms. The number of imide groups is 1. The second kappa shape index (κ2) is 7.53. The molecule has 0 saturated carbocycles. The predicted molar refractivity (Wildman–Crippen MR) is 116 cm³/mol. The summed E-state index contributed by atoms with van der Waals surface area (Å²) in [6.45, 7) is 0. The molecule has 5 rings (SSSR count). The maximum absolute atomic E-state index is 12.8. The summed E-state index contributed by atoms with van der Waals surface area (Å²) < 4.78 is 5.84. The molecule has 1 aliphatic heterocycles. The minimum Gasteiger partial charge on any atom is -0.436 e. The first kappa shape index (κ1) is 18.7. The summed E-state index contributed by atoms with van der Waals surface area (Å²) in [5.74, 6) is -0.364. The number of carbonyl (C=O) groups is 3. The number of rotatable bonds is 4. The summed E-state index contributed by atoms with van der Waals surface area (Å²) in [6, 6.07) is 21.1. The Morgan fingerprint density at radius 3 is 2.29 bits per heavy atom. The molecule has 0 aliphatic carbocycles. The van der Waals surface area contributed by atoms with Crippen LogP contribution in [-0.2, 0) is 9.59 Å². The van der Waals surface area contributed by atoms with E-state index in [4.69, 9.17) is 4.42 Å². The molecule has 0 spiro atoms. The van der Waals surface area contributed by atoms with Gasteiger partial charge in [0.05, 0.1) is 16.9 Å². The quantitative estimate of drug-likeness (QED) is 0.503. The summed E-state index contributed by atoms with van der Waals surface area (Å²) in [5, 5.41) is 2.89. The fourth-order valence-electron chi connectivity index (χ4n) is 3.59. The molecule has 31 heavy (non-hydrogen) atoms. The number of nitrogens with zero attached hydrogens (tertiary/aromatic N) is 2. The van der Waals surface area contributed by atoms with Crippen molar-refractivity contribution in [3.05, 3.63) is 78.4 Å². The number of carbonyl (C=O) groups excluding carboxylic acids is 3. The number of aromatic nitrogens is 1. The van der Waals surface area contributed by atoms with Crippen LogP contribution in [0.1, 0.15) is 23.2 Å². The molecule has 4 aromatic rings. The van der Waals surface area contributed by atoms with E-state index in [0.29, 0.717) is 34.0 Å². The largest absolute Gasteiger partial charge is 0.436 e. The Kier molecular flexibility index (Phi) is 4.55. The van der Waals surface area contributed by atoms with Crippen molar-refractivity contribution in [1.82, 2.24) is 4.98 Å². The van der Waals surface area contributed by atoms with Crippen LogP contribution in [0, 0.1) is 0 Å². The van der Waals surface area contributed by atoms with Gasteiger partial charge in [0.2, 0.25) is 17.7 Å². The van der Waals surface area contributed by atoms with Gasteiger partial charge in [-0.3, -0.25) is 19.3 Å². The zero-order valence-corrected chi connectivity index (χ0v) is 16.4. The number of hydrogen-bond acceptors (Lipinski definition) is 5. The number of nitrogens with one attached hydrogen (secondary N) is 1. The van der Waals surface area contributed by atoms with Crippen molar-refractivity contribution in [2.45, 2.75) is 12.8 Å². The standard InChI is InChI=1S/C24H17N3O4/c28-21-13-14-22(29)27(21)16-11-9-15(10-12-16)23(30)25-18-6-2-1-5-17(18)24-26-19-7-3-4-8-20(19)31-24/h1-12H,13-14H2,(H,25,30). The second-order valence-corrected chi connectivity index (χ2v) is 7.16. The first-order valence-electron chi connectivity index (χ1n) is 9.82. The lowest BCUT2D eigenvalue weighted by molar-refractivity contribution is -0.121. The highest BCUT2D eigenvalue weighted by atomic mass is 16.3. The minimum absolute atomic E-state index is 0.216. The van der Waals surface area contributed by atoms with Crippen molar-refractivity contribution in [2.24, 2.45) is 0 Å². The molecule has 0 atom stereocenters. The fraction of sp³-hybridized carbons (Fsp3) is 0.0833. The minimum atomic E-state index is -0.325. The van der Waals surface area contributed by atoms with Crippen LogP contribution in [0.25, 0.3) is 22.6 Å². The number of anilines is 2. The molecule has 1 fully saturated rings. The Hall–Kier alpha value is -4.26. The normalized spacial score (nSPS) is 13.7. The first-order valence-corrected chi connectivity index (χ1v) is 9.82. The smallest absolute Gasteiger partial charge is 0.255 e. The maximum atomic E-state index is 12.8.